The Hall–Kier alpha value is -3.52. The van der Waals surface area contributed by atoms with Crippen LogP contribution in [0.1, 0.15) is 23.1 Å². The zero-order chi connectivity index (χ0) is 17.6. The summed E-state index contributed by atoms with van der Waals surface area (Å²) in [4.78, 5) is 11.7. The second-order valence-electron chi connectivity index (χ2n) is 5.61. The number of hydrogen-bond donors (Lipinski definition) is 3. The average Bonchev–Trinajstić information content (AvgIpc) is 2.81. The number of benzene rings is 2. The van der Waals surface area contributed by atoms with Crippen molar-refractivity contribution in [2.45, 2.75) is 6.42 Å². The molecule has 0 bridgehead atoms. The summed E-state index contributed by atoms with van der Waals surface area (Å²) in [5.74, 6) is -0.0597. The van der Waals surface area contributed by atoms with Crippen LogP contribution in [0.2, 0.25) is 0 Å². The first kappa shape index (κ1) is 16.3. The molecule has 1 aliphatic rings. The zero-order valence-electron chi connectivity index (χ0n) is 13.5. The van der Waals surface area contributed by atoms with Gasteiger partial charge in [0.25, 0.3) is 0 Å². The first-order valence-electron chi connectivity index (χ1n) is 7.91. The van der Waals surface area contributed by atoms with Crippen molar-refractivity contribution in [1.29, 1.82) is 5.26 Å². The first-order chi connectivity index (χ1) is 12.2. The van der Waals surface area contributed by atoms with Crippen LogP contribution in [0.15, 0.2) is 48.5 Å². The molecule has 0 fully saturated rings. The molecule has 0 unspecified atom stereocenters. The third-order valence-corrected chi connectivity index (χ3v) is 3.86. The number of hydrogen-bond acceptors (Lipinski definition) is 4. The number of allylic oxidation sites excluding steroid dienone is 1. The molecule has 124 valence electrons. The molecule has 25 heavy (non-hydrogen) atoms. The van der Waals surface area contributed by atoms with Gasteiger partial charge >= 0.3 is 0 Å². The van der Waals surface area contributed by atoms with E-state index in [1.54, 1.807) is 12.1 Å². The van der Waals surface area contributed by atoms with E-state index >= 15 is 0 Å². The van der Waals surface area contributed by atoms with Crippen LogP contribution in [0.5, 0.6) is 0 Å². The van der Waals surface area contributed by atoms with Crippen LogP contribution < -0.4 is 10.6 Å². The van der Waals surface area contributed by atoms with Gasteiger partial charge in [0.2, 0.25) is 5.91 Å². The number of nitrogens with one attached hydrogen (secondary N) is 2. The average molecular weight is 331 g/mol. The maximum Gasteiger partial charge on any atom is 0.226 e. The van der Waals surface area contributed by atoms with E-state index in [0.717, 1.165) is 28.6 Å². The molecule has 5 nitrogen and oxygen atoms in total. The van der Waals surface area contributed by atoms with Crippen molar-refractivity contribution in [2.75, 3.05) is 17.2 Å². The summed E-state index contributed by atoms with van der Waals surface area (Å²) in [6.07, 6.45) is 5.41. The van der Waals surface area contributed by atoms with E-state index < -0.39 is 0 Å². The summed E-state index contributed by atoms with van der Waals surface area (Å²) >= 11 is 0. The van der Waals surface area contributed by atoms with E-state index in [4.69, 9.17) is 5.26 Å². The molecule has 0 aromatic heterocycles. The van der Waals surface area contributed by atoms with Gasteiger partial charge in [-0.3, -0.25) is 4.79 Å². The Bertz CT molecular complexity index is 907. The summed E-state index contributed by atoms with van der Waals surface area (Å²) in [5.41, 5.74) is 4.11. The molecule has 2 aromatic rings. The minimum Gasteiger partial charge on any atom is -0.507 e. The summed E-state index contributed by atoms with van der Waals surface area (Å²) in [7, 11) is 0. The standard InChI is InChI=1S/C20H17N3O2/c21-11-9-18(24)16-5-1-3-14(13-16)7-8-15-4-2-6-17-20(15)22-12-10-19(25)23-17/h1-9,13,22,24H,10,12H2,(H,23,25)/b8-7+,18-9-. The smallest absolute Gasteiger partial charge is 0.226 e. The first-order valence-corrected chi connectivity index (χ1v) is 7.91. The minimum absolute atomic E-state index is 0.000152. The summed E-state index contributed by atoms with van der Waals surface area (Å²) in [5, 5.41) is 24.6. The van der Waals surface area contributed by atoms with Crippen molar-refractivity contribution in [1.82, 2.24) is 0 Å². The van der Waals surface area contributed by atoms with Crippen molar-refractivity contribution in [2.24, 2.45) is 0 Å². The number of amides is 1. The van der Waals surface area contributed by atoms with Crippen LogP contribution in [0, 0.1) is 11.3 Å². The quantitative estimate of drug-likeness (QED) is 0.450. The molecule has 0 atom stereocenters. The highest BCUT2D eigenvalue weighted by Gasteiger charge is 2.13. The molecule has 1 amide bonds. The Kier molecular flexibility index (Phi) is 4.82. The molecule has 1 heterocycles. The topological polar surface area (TPSA) is 85.2 Å². The molecule has 3 rings (SSSR count). The maximum atomic E-state index is 11.7. The van der Waals surface area contributed by atoms with Gasteiger partial charge in [-0.05, 0) is 23.3 Å². The number of anilines is 2. The third-order valence-electron chi connectivity index (χ3n) is 3.86. The molecule has 0 saturated heterocycles. The molecule has 2 aromatic carbocycles. The lowest BCUT2D eigenvalue weighted by Crippen LogP contribution is -2.10. The molecule has 5 heteroatoms. The molecule has 0 aliphatic carbocycles. The fraction of sp³-hybridized carbons (Fsp3) is 0.100. The van der Waals surface area contributed by atoms with Crippen LogP contribution in [0.4, 0.5) is 11.4 Å². The predicted molar refractivity (Wildman–Crippen MR) is 99.8 cm³/mol. The lowest BCUT2D eigenvalue weighted by molar-refractivity contribution is -0.115. The SMILES string of the molecule is N#C/C=C(\O)c1cccc(/C=C/c2cccc3c2NCCC(=O)N3)c1. The highest BCUT2D eigenvalue weighted by Crippen LogP contribution is 2.29. The third kappa shape index (κ3) is 3.88. The van der Waals surface area contributed by atoms with E-state index in [2.05, 4.69) is 10.6 Å². The Morgan fingerprint density at radius 2 is 2.04 bits per heavy atom. The number of aliphatic hydroxyl groups excluding tert-OH is 1. The Morgan fingerprint density at radius 3 is 2.88 bits per heavy atom. The Morgan fingerprint density at radius 1 is 1.20 bits per heavy atom. The number of rotatable bonds is 3. The van der Waals surface area contributed by atoms with Crippen LogP contribution in [-0.2, 0) is 4.79 Å². The van der Waals surface area contributed by atoms with Crippen LogP contribution in [0.3, 0.4) is 0 Å². The van der Waals surface area contributed by atoms with Gasteiger partial charge in [0.1, 0.15) is 5.76 Å². The summed E-state index contributed by atoms with van der Waals surface area (Å²) < 4.78 is 0. The van der Waals surface area contributed by atoms with Crippen LogP contribution in [0.25, 0.3) is 17.9 Å². The van der Waals surface area contributed by atoms with Crippen molar-refractivity contribution >= 4 is 35.2 Å². The van der Waals surface area contributed by atoms with Gasteiger partial charge in [-0.25, -0.2) is 0 Å². The number of fused-ring (bicyclic) bond motifs is 1. The molecule has 0 saturated carbocycles. The van der Waals surface area contributed by atoms with Gasteiger partial charge in [-0.1, -0.05) is 42.5 Å². The maximum absolute atomic E-state index is 11.7. The highest BCUT2D eigenvalue weighted by molar-refractivity contribution is 5.98. The number of aliphatic hydroxyl groups is 1. The molecule has 0 radical (unpaired) electrons. The fourth-order valence-electron chi connectivity index (χ4n) is 2.66. The fourth-order valence-corrected chi connectivity index (χ4v) is 2.66. The number of carbonyl (C=O) groups is 1. The highest BCUT2D eigenvalue weighted by atomic mass is 16.3. The minimum atomic E-state index is -0.0595. The number of nitrogens with zero attached hydrogens (tertiary/aromatic N) is 1. The largest absolute Gasteiger partial charge is 0.507 e. The number of carbonyl (C=O) groups excluding carboxylic acids is 1. The molecule has 1 aliphatic heterocycles. The van der Waals surface area contributed by atoms with E-state index in [1.165, 1.54) is 0 Å². The van der Waals surface area contributed by atoms with E-state index in [9.17, 15) is 9.90 Å². The van der Waals surface area contributed by atoms with E-state index in [0.29, 0.717) is 18.5 Å². The normalized spacial score (nSPS) is 14.2. The number of para-hydroxylation sites is 1. The lowest BCUT2D eigenvalue weighted by atomic mass is 10.1. The zero-order valence-corrected chi connectivity index (χ0v) is 13.5. The van der Waals surface area contributed by atoms with Gasteiger partial charge in [0.05, 0.1) is 23.5 Å². The van der Waals surface area contributed by atoms with E-state index in [1.807, 2.05) is 48.6 Å². The van der Waals surface area contributed by atoms with Crippen molar-refractivity contribution in [3.63, 3.8) is 0 Å². The molecular formula is C20H17N3O2. The van der Waals surface area contributed by atoms with Crippen LogP contribution >= 0.6 is 0 Å². The Balaban J connectivity index is 1.90. The second kappa shape index (κ2) is 7.37. The molecule has 3 N–H and O–H groups in total. The van der Waals surface area contributed by atoms with Gasteiger partial charge in [0.15, 0.2) is 0 Å². The van der Waals surface area contributed by atoms with Crippen molar-refractivity contribution in [3.8, 4) is 6.07 Å². The number of nitriles is 1. The van der Waals surface area contributed by atoms with Crippen LogP contribution in [-0.4, -0.2) is 17.6 Å². The van der Waals surface area contributed by atoms with Crippen molar-refractivity contribution in [3.05, 3.63) is 65.2 Å². The van der Waals surface area contributed by atoms with Gasteiger partial charge in [-0.2, -0.15) is 5.26 Å². The second-order valence-corrected chi connectivity index (χ2v) is 5.61. The molecular weight excluding hydrogens is 314 g/mol. The predicted octanol–water partition coefficient (Wildman–Crippen LogP) is 4.03. The summed E-state index contributed by atoms with van der Waals surface area (Å²) in [6, 6.07) is 14.8. The Labute approximate surface area is 145 Å². The molecule has 0 spiro atoms. The van der Waals surface area contributed by atoms with E-state index in [-0.39, 0.29) is 11.7 Å². The van der Waals surface area contributed by atoms with Crippen molar-refractivity contribution < 1.29 is 9.90 Å². The summed E-state index contributed by atoms with van der Waals surface area (Å²) in [6.45, 7) is 0.589. The van der Waals surface area contributed by atoms with Gasteiger partial charge in [0, 0.05) is 18.5 Å². The monoisotopic (exact) mass is 331 g/mol. The van der Waals surface area contributed by atoms with Gasteiger partial charge < -0.3 is 15.7 Å². The van der Waals surface area contributed by atoms with Gasteiger partial charge in [-0.15, -0.1) is 0 Å². The lowest BCUT2D eigenvalue weighted by Gasteiger charge is -2.11.